The summed E-state index contributed by atoms with van der Waals surface area (Å²) in [5, 5.41) is 0. The first-order valence-electron chi connectivity index (χ1n) is 7.79. The first-order chi connectivity index (χ1) is 11.7. The molecule has 0 unspecified atom stereocenters. The van der Waals surface area contributed by atoms with E-state index in [1.807, 2.05) is 4.90 Å². The van der Waals surface area contributed by atoms with Gasteiger partial charge in [0, 0.05) is 43.1 Å². The number of nitrogens with zero attached hydrogens (tertiary/aromatic N) is 3. The number of piperidine rings is 1. The highest BCUT2D eigenvalue weighted by atomic mass is 32.2. The largest absolute Gasteiger partial charge is 0.474 e. The van der Waals surface area contributed by atoms with E-state index in [2.05, 4.69) is 9.97 Å². The van der Waals surface area contributed by atoms with Gasteiger partial charge >= 0.3 is 0 Å². The summed E-state index contributed by atoms with van der Waals surface area (Å²) in [5.74, 6) is 0.770. The van der Waals surface area contributed by atoms with Crippen molar-refractivity contribution < 1.29 is 13.9 Å². The van der Waals surface area contributed by atoms with E-state index in [4.69, 9.17) is 4.74 Å². The van der Waals surface area contributed by atoms with Gasteiger partial charge in [-0.15, -0.1) is 11.8 Å². The molecule has 1 aliphatic heterocycles. The van der Waals surface area contributed by atoms with Gasteiger partial charge in [0.1, 0.15) is 18.2 Å². The van der Waals surface area contributed by atoms with E-state index in [0.29, 0.717) is 24.7 Å². The normalized spacial score (nSPS) is 15.3. The summed E-state index contributed by atoms with van der Waals surface area (Å²) >= 11 is 1.43. The van der Waals surface area contributed by atoms with Crippen molar-refractivity contribution in [3.8, 4) is 5.88 Å². The number of halogens is 1. The van der Waals surface area contributed by atoms with Crippen LogP contribution in [-0.4, -0.2) is 45.7 Å². The maximum absolute atomic E-state index is 12.9. The lowest BCUT2D eigenvalue weighted by Crippen LogP contribution is -2.42. The molecule has 1 aromatic heterocycles. The number of ether oxygens (including phenoxy) is 1. The Morgan fingerprint density at radius 1 is 1.25 bits per heavy atom. The second-order valence-corrected chi connectivity index (χ2v) is 6.54. The van der Waals surface area contributed by atoms with E-state index in [0.717, 1.165) is 17.7 Å². The third-order valence-electron chi connectivity index (χ3n) is 3.81. The topological polar surface area (TPSA) is 55.3 Å². The number of carbonyl (C=O) groups excluding carboxylic acids is 1. The predicted octanol–water partition coefficient (Wildman–Crippen LogP) is 2.78. The Balaban J connectivity index is 1.42. The highest BCUT2D eigenvalue weighted by molar-refractivity contribution is 8.00. The molecule has 24 heavy (non-hydrogen) atoms. The fourth-order valence-electron chi connectivity index (χ4n) is 2.51. The number of hydrogen-bond donors (Lipinski definition) is 0. The van der Waals surface area contributed by atoms with Gasteiger partial charge in [-0.2, -0.15) is 0 Å². The second-order valence-electron chi connectivity index (χ2n) is 5.49. The third-order valence-corrected chi connectivity index (χ3v) is 4.81. The molecule has 0 radical (unpaired) electrons. The van der Waals surface area contributed by atoms with Crippen molar-refractivity contribution >= 4 is 17.7 Å². The molecule has 5 nitrogen and oxygen atoms in total. The molecule has 0 saturated carbocycles. The Bertz CT molecular complexity index is 661. The van der Waals surface area contributed by atoms with Crippen molar-refractivity contribution in [3.63, 3.8) is 0 Å². The summed E-state index contributed by atoms with van der Waals surface area (Å²) in [6, 6.07) is 7.92. The number of thioether (sulfide) groups is 1. The minimum atomic E-state index is -0.267. The predicted molar refractivity (Wildman–Crippen MR) is 89.4 cm³/mol. The van der Waals surface area contributed by atoms with E-state index in [1.165, 1.54) is 30.2 Å². The molecule has 1 saturated heterocycles. The van der Waals surface area contributed by atoms with E-state index in [1.54, 1.807) is 24.4 Å². The van der Waals surface area contributed by atoms with Crippen LogP contribution in [0.5, 0.6) is 5.88 Å². The molecule has 0 bridgehead atoms. The van der Waals surface area contributed by atoms with Gasteiger partial charge in [0.15, 0.2) is 0 Å². The molecule has 1 aromatic carbocycles. The molecule has 0 N–H and O–H groups in total. The van der Waals surface area contributed by atoms with Crippen LogP contribution < -0.4 is 4.74 Å². The van der Waals surface area contributed by atoms with Gasteiger partial charge in [-0.3, -0.25) is 4.79 Å². The van der Waals surface area contributed by atoms with E-state index >= 15 is 0 Å². The summed E-state index contributed by atoms with van der Waals surface area (Å²) in [6.07, 6.45) is 4.76. The van der Waals surface area contributed by atoms with E-state index in [-0.39, 0.29) is 17.8 Å². The summed E-state index contributed by atoms with van der Waals surface area (Å²) < 4.78 is 18.7. The van der Waals surface area contributed by atoms with Crippen LogP contribution in [-0.2, 0) is 4.79 Å². The smallest absolute Gasteiger partial charge is 0.232 e. The first-order valence-corrected chi connectivity index (χ1v) is 8.78. The molecule has 1 fully saturated rings. The van der Waals surface area contributed by atoms with Crippen LogP contribution in [0.1, 0.15) is 12.8 Å². The van der Waals surface area contributed by atoms with Gasteiger partial charge in [-0.25, -0.2) is 14.4 Å². The van der Waals surface area contributed by atoms with Crippen LogP contribution in [0.3, 0.4) is 0 Å². The zero-order chi connectivity index (χ0) is 16.8. The Kier molecular flexibility index (Phi) is 5.63. The lowest BCUT2D eigenvalue weighted by atomic mass is 10.1. The third kappa shape index (κ3) is 4.67. The number of carbonyl (C=O) groups is 1. The van der Waals surface area contributed by atoms with Crippen LogP contribution in [0.25, 0.3) is 0 Å². The molecule has 3 rings (SSSR count). The maximum Gasteiger partial charge on any atom is 0.232 e. The minimum absolute atomic E-state index is 0.0775. The Morgan fingerprint density at radius 3 is 2.67 bits per heavy atom. The van der Waals surface area contributed by atoms with Gasteiger partial charge in [0.2, 0.25) is 11.8 Å². The summed E-state index contributed by atoms with van der Waals surface area (Å²) in [6.45, 7) is 1.36. The Morgan fingerprint density at radius 2 is 2.00 bits per heavy atom. The van der Waals surface area contributed by atoms with Crippen LogP contribution >= 0.6 is 11.8 Å². The van der Waals surface area contributed by atoms with Gasteiger partial charge in [-0.05, 0) is 24.3 Å². The van der Waals surface area contributed by atoms with Gasteiger partial charge in [0.05, 0.1) is 5.75 Å². The molecule has 126 valence electrons. The van der Waals surface area contributed by atoms with Crippen LogP contribution in [0.2, 0.25) is 0 Å². The Labute approximate surface area is 144 Å². The van der Waals surface area contributed by atoms with E-state index in [9.17, 15) is 9.18 Å². The lowest BCUT2D eigenvalue weighted by Gasteiger charge is -2.31. The van der Waals surface area contributed by atoms with Crippen LogP contribution in [0.4, 0.5) is 4.39 Å². The molecule has 2 heterocycles. The quantitative estimate of drug-likeness (QED) is 0.779. The van der Waals surface area contributed by atoms with Gasteiger partial charge in [0.25, 0.3) is 0 Å². The Hall–Kier alpha value is -2.15. The van der Waals surface area contributed by atoms with Crippen LogP contribution in [0, 0.1) is 5.82 Å². The SMILES string of the molecule is O=C(CSc1ccc(F)cc1)N1CCC(Oc2ccncn2)CC1. The maximum atomic E-state index is 12.9. The van der Waals surface area contributed by atoms with Crippen molar-refractivity contribution in [1.29, 1.82) is 0 Å². The number of hydrogen-bond acceptors (Lipinski definition) is 5. The fourth-order valence-corrected chi connectivity index (χ4v) is 3.31. The molecule has 1 amide bonds. The molecule has 0 spiro atoms. The number of benzene rings is 1. The molecule has 7 heteroatoms. The van der Waals surface area contributed by atoms with Gasteiger partial charge in [-0.1, -0.05) is 0 Å². The number of aromatic nitrogens is 2. The second kappa shape index (κ2) is 8.10. The van der Waals surface area contributed by atoms with Crippen molar-refractivity contribution in [2.45, 2.75) is 23.8 Å². The van der Waals surface area contributed by atoms with Crippen molar-refractivity contribution in [2.75, 3.05) is 18.8 Å². The number of rotatable bonds is 5. The summed E-state index contributed by atoms with van der Waals surface area (Å²) in [7, 11) is 0. The lowest BCUT2D eigenvalue weighted by molar-refractivity contribution is -0.130. The summed E-state index contributed by atoms with van der Waals surface area (Å²) in [4.78, 5) is 22.9. The zero-order valence-electron chi connectivity index (χ0n) is 13.1. The van der Waals surface area contributed by atoms with Crippen molar-refractivity contribution in [3.05, 3.63) is 48.7 Å². The zero-order valence-corrected chi connectivity index (χ0v) is 13.9. The molecule has 0 atom stereocenters. The highest BCUT2D eigenvalue weighted by Gasteiger charge is 2.24. The van der Waals surface area contributed by atoms with Crippen molar-refractivity contribution in [1.82, 2.24) is 14.9 Å². The highest BCUT2D eigenvalue weighted by Crippen LogP contribution is 2.21. The molecule has 1 aliphatic rings. The first kappa shape index (κ1) is 16.7. The average Bonchev–Trinajstić information content (AvgIpc) is 2.62. The summed E-state index contributed by atoms with van der Waals surface area (Å²) in [5.41, 5.74) is 0. The van der Waals surface area contributed by atoms with Crippen LogP contribution in [0.15, 0.2) is 47.8 Å². The average molecular weight is 347 g/mol. The molecule has 0 aliphatic carbocycles. The monoisotopic (exact) mass is 347 g/mol. The number of amides is 1. The molecular formula is C17H18FN3O2S. The standard InChI is InChI=1S/C17H18FN3O2S/c18-13-1-3-15(4-2-13)24-11-17(22)21-9-6-14(7-10-21)23-16-5-8-19-12-20-16/h1-5,8,12,14H,6-7,9-11H2. The number of likely N-dealkylation sites (tertiary alicyclic amines) is 1. The fraction of sp³-hybridized carbons (Fsp3) is 0.353. The molecule has 2 aromatic rings. The van der Waals surface area contributed by atoms with Crippen molar-refractivity contribution in [2.24, 2.45) is 0 Å². The van der Waals surface area contributed by atoms with Gasteiger partial charge < -0.3 is 9.64 Å². The minimum Gasteiger partial charge on any atom is -0.474 e. The molecular weight excluding hydrogens is 329 g/mol. The van der Waals surface area contributed by atoms with E-state index < -0.39 is 0 Å².